The molecule has 1 unspecified atom stereocenters. The number of nitrogens with one attached hydrogen (secondary N) is 1. The van der Waals surface area contributed by atoms with E-state index in [1.807, 2.05) is 18.2 Å². The van der Waals surface area contributed by atoms with E-state index in [0.29, 0.717) is 12.0 Å². The Morgan fingerprint density at radius 1 is 1.36 bits per heavy atom. The number of hydrogen-bond acceptors (Lipinski definition) is 3. The topological polar surface area (TPSA) is 28.4 Å². The average Bonchev–Trinajstić information content (AvgIpc) is 2.98. The molecule has 4 atom stereocenters. The third-order valence-electron chi connectivity index (χ3n) is 5.25. The maximum atomic E-state index is 5.85. The van der Waals surface area contributed by atoms with E-state index in [1.165, 1.54) is 24.8 Å². The average molecular weight is 294 g/mol. The molecular weight excluding hydrogens is 272 g/mol. The van der Waals surface area contributed by atoms with Crippen LogP contribution in [-0.2, 0) is 6.54 Å². The van der Waals surface area contributed by atoms with Gasteiger partial charge in [-0.05, 0) is 37.4 Å². The van der Waals surface area contributed by atoms with Gasteiger partial charge in [0, 0.05) is 30.4 Å². The highest BCUT2D eigenvalue weighted by atomic mass is 16.3. The largest absolute Gasteiger partial charge is 0.460 e. The molecule has 5 rings (SSSR count). The third-order valence-corrected chi connectivity index (χ3v) is 5.25. The minimum absolute atomic E-state index is 0.473. The van der Waals surface area contributed by atoms with Gasteiger partial charge >= 0.3 is 0 Å². The zero-order chi connectivity index (χ0) is 14.9. The summed E-state index contributed by atoms with van der Waals surface area (Å²) in [6.07, 6.45) is 8.15. The maximum Gasteiger partial charge on any atom is 0.134 e. The summed E-state index contributed by atoms with van der Waals surface area (Å²) in [7, 11) is 0. The molecule has 4 heterocycles. The van der Waals surface area contributed by atoms with Gasteiger partial charge in [-0.3, -0.25) is 4.90 Å². The number of para-hydroxylation sites is 1. The maximum absolute atomic E-state index is 5.85. The SMILES string of the molecule is C#C[C@H]1CN2CC[C@H]1C[C@@H]2CNCc1cc2ccccc2o1. The van der Waals surface area contributed by atoms with Crippen molar-refractivity contribution in [2.45, 2.75) is 25.4 Å². The number of rotatable bonds is 4. The first-order valence-corrected chi connectivity index (χ1v) is 8.22. The summed E-state index contributed by atoms with van der Waals surface area (Å²) in [5, 5.41) is 4.74. The fraction of sp³-hybridized carbons (Fsp3) is 0.474. The summed E-state index contributed by atoms with van der Waals surface area (Å²) < 4.78 is 5.85. The number of terminal acetylenes is 1. The number of fused-ring (bicyclic) bond motifs is 4. The first-order valence-electron chi connectivity index (χ1n) is 8.22. The monoisotopic (exact) mass is 294 g/mol. The van der Waals surface area contributed by atoms with Gasteiger partial charge in [0.25, 0.3) is 0 Å². The molecule has 0 saturated carbocycles. The first-order chi connectivity index (χ1) is 10.8. The van der Waals surface area contributed by atoms with E-state index in [0.717, 1.165) is 36.9 Å². The standard InChI is InChI=1S/C19H22N2O/c1-2-14-13-21-8-7-15(14)9-17(21)11-20-12-18-10-16-5-3-4-6-19(16)22-18/h1,3-6,10,14-15,17,20H,7-9,11-13H2/t14-,15-,17+/m0/s1. The van der Waals surface area contributed by atoms with Gasteiger partial charge in [0.2, 0.25) is 0 Å². The zero-order valence-corrected chi connectivity index (χ0v) is 12.8. The van der Waals surface area contributed by atoms with E-state index in [9.17, 15) is 0 Å². The summed E-state index contributed by atoms with van der Waals surface area (Å²) in [6, 6.07) is 10.9. The first kappa shape index (κ1) is 13.9. The lowest BCUT2D eigenvalue weighted by molar-refractivity contribution is 0.0226. The Kier molecular flexibility index (Phi) is 3.65. The van der Waals surface area contributed by atoms with Gasteiger partial charge in [0.15, 0.2) is 0 Å². The van der Waals surface area contributed by atoms with Crippen LogP contribution in [0.2, 0.25) is 0 Å². The van der Waals surface area contributed by atoms with Crippen LogP contribution in [0.15, 0.2) is 34.7 Å². The molecule has 0 radical (unpaired) electrons. The second kappa shape index (κ2) is 5.79. The van der Waals surface area contributed by atoms with Crippen LogP contribution in [0.1, 0.15) is 18.6 Å². The van der Waals surface area contributed by atoms with Crippen LogP contribution < -0.4 is 5.32 Å². The number of nitrogens with zero attached hydrogens (tertiary/aromatic N) is 1. The smallest absolute Gasteiger partial charge is 0.134 e. The van der Waals surface area contributed by atoms with Crippen molar-refractivity contribution < 1.29 is 4.42 Å². The highest BCUT2D eigenvalue weighted by Gasteiger charge is 2.38. The van der Waals surface area contributed by atoms with E-state index in [2.05, 4.69) is 28.3 Å². The number of furan rings is 1. The third kappa shape index (κ3) is 2.54. The van der Waals surface area contributed by atoms with Crippen molar-refractivity contribution in [3.05, 3.63) is 36.1 Å². The van der Waals surface area contributed by atoms with Gasteiger partial charge in [-0.25, -0.2) is 0 Å². The summed E-state index contributed by atoms with van der Waals surface area (Å²) in [5.74, 6) is 5.19. The Morgan fingerprint density at radius 3 is 3.05 bits per heavy atom. The summed E-state index contributed by atoms with van der Waals surface area (Å²) in [5.41, 5.74) is 0.969. The van der Waals surface area contributed by atoms with Crippen molar-refractivity contribution in [3.8, 4) is 12.3 Å². The van der Waals surface area contributed by atoms with Crippen LogP contribution in [0.3, 0.4) is 0 Å². The van der Waals surface area contributed by atoms with Crippen molar-refractivity contribution in [3.63, 3.8) is 0 Å². The molecule has 22 heavy (non-hydrogen) atoms. The van der Waals surface area contributed by atoms with Gasteiger partial charge in [-0.2, -0.15) is 0 Å². The molecule has 3 aliphatic rings. The van der Waals surface area contributed by atoms with Crippen LogP contribution in [0.4, 0.5) is 0 Å². The summed E-state index contributed by atoms with van der Waals surface area (Å²) in [4.78, 5) is 2.57. The van der Waals surface area contributed by atoms with E-state index in [1.54, 1.807) is 0 Å². The summed E-state index contributed by atoms with van der Waals surface area (Å²) in [6.45, 7) is 4.10. The molecule has 0 aliphatic carbocycles. The van der Waals surface area contributed by atoms with Crippen LogP contribution >= 0.6 is 0 Å². The van der Waals surface area contributed by atoms with Crippen molar-refractivity contribution in [1.82, 2.24) is 10.2 Å². The van der Waals surface area contributed by atoms with Gasteiger partial charge in [-0.15, -0.1) is 12.3 Å². The van der Waals surface area contributed by atoms with Gasteiger partial charge in [0.1, 0.15) is 11.3 Å². The van der Waals surface area contributed by atoms with Crippen molar-refractivity contribution in [2.75, 3.05) is 19.6 Å². The second-order valence-electron chi connectivity index (χ2n) is 6.59. The molecule has 0 spiro atoms. The predicted octanol–water partition coefficient (Wildman–Crippen LogP) is 2.87. The molecule has 3 heteroatoms. The van der Waals surface area contributed by atoms with Crippen LogP contribution in [-0.4, -0.2) is 30.6 Å². The normalized spacial score (nSPS) is 30.5. The highest BCUT2D eigenvalue weighted by molar-refractivity contribution is 5.77. The molecule has 3 saturated heterocycles. The number of piperidine rings is 3. The highest BCUT2D eigenvalue weighted by Crippen LogP contribution is 2.35. The zero-order valence-electron chi connectivity index (χ0n) is 12.8. The molecule has 2 aromatic rings. The lowest BCUT2D eigenvalue weighted by atomic mass is 9.76. The van der Waals surface area contributed by atoms with Crippen LogP contribution in [0.25, 0.3) is 11.0 Å². The van der Waals surface area contributed by atoms with E-state index >= 15 is 0 Å². The van der Waals surface area contributed by atoms with Crippen LogP contribution in [0, 0.1) is 24.2 Å². The fourth-order valence-electron chi connectivity index (χ4n) is 4.03. The Hall–Kier alpha value is -1.76. The molecule has 3 nitrogen and oxygen atoms in total. The minimum Gasteiger partial charge on any atom is -0.460 e. The Labute approximate surface area is 131 Å². The fourth-order valence-corrected chi connectivity index (χ4v) is 4.03. The van der Waals surface area contributed by atoms with Crippen LogP contribution in [0.5, 0.6) is 0 Å². The number of hydrogen-bond donors (Lipinski definition) is 1. The molecule has 1 aromatic carbocycles. The molecule has 114 valence electrons. The van der Waals surface area contributed by atoms with Crippen molar-refractivity contribution in [1.29, 1.82) is 0 Å². The lowest BCUT2D eigenvalue weighted by Gasteiger charge is -2.48. The van der Waals surface area contributed by atoms with Gasteiger partial charge in [-0.1, -0.05) is 18.2 Å². The van der Waals surface area contributed by atoms with Crippen molar-refractivity contribution in [2.24, 2.45) is 11.8 Å². The van der Waals surface area contributed by atoms with Gasteiger partial charge < -0.3 is 9.73 Å². The Morgan fingerprint density at radius 2 is 2.27 bits per heavy atom. The number of benzene rings is 1. The molecule has 2 bridgehead atoms. The molecule has 1 N–H and O–H groups in total. The van der Waals surface area contributed by atoms with Crippen molar-refractivity contribution >= 4 is 11.0 Å². The minimum atomic E-state index is 0.473. The van der Waals surface area contributed by atoms with Gasteiger partial charge in [0.05, 0.1) is 6.54 Å². The quantitative estimate of drug-likeness (QED) is 0.879. The molecule has 1 aromatic heterocycles. The lowest BCUT2D eigenvalue weighted by Crippen LogP contribution is -2.55. The molecular formula is C19H22N2O. The summed E-state index contributed by atoms with van der Waals surface area (Å²) >= 11 is 0. The Bertz CT molecular complexity index is 666. The second-order valence-corrected chi connectivity index (χ2v) is 6.59. The Balaban J connectivity index is 1.33. The molecule has 3 aliphatic heterocycles. The van der Waals surface area contributed by atoms with E-state index < -0.39 is 0 Å². The van der Waals surface area contributed by atoms with E-state index in [-0.39, 0.29) is 0 Å². The van der Waals surface area contributed by atoms with E-state index in [4.69, 9.17) is 10.8 Å². The predicted molar refractivity (Wildman–Crippen MR) is 88.3 cm³/mol. The molecule has 3 fully saturated rings. The molecule has 0 amide bonds.